The summed E-state index contributed by atoms with van der Waals surface area (Å²) in [6.45, 7) is 4.71. The van der Waals surface area contributed by atoms with Gasteiger partial charge in [-0.2, -0.15) is 0 Å². The summed E-state index contributed by atoms with van der Waals surface area (Å²) in [5, 5.41) is 1.44. The summed E-state index contributed by atoms with van der Waals surface area (Å²) in [5.74, 6) is 1.35. The fraction of sp³-hybridized carbons (Fsp3) is 0.680. The van der Waals surface area contributed by atoms with Crippen LogP contribution in [0.5, 0.6) is 0 Å². The van der Waals surface area contributed by atoms with Crippen molar-refractivity contribution in [3.05, 3.63) is 35.5 Å². The van der Waals surface area contributed by atoms with Gasteiger partial charge in [-0.3, -0.25) is 9.80 Å². The molecule has 5 atom stereocenters. The smallest absolute Gasteiger partial charge is 0.113 e. The molecular formula is C25H35N3O. The van der Waals surface area contributed by atoms with E-state index in [2.05, 4.69) is 53.0 Å². The Morgan fingerprint density at radius 2 is 1.93 bits per heavy atom. The van der Waals surface area contributed by atoms with Crippen molar-refractivity contribution >= 4 is 10.9 Å². The van der Waals surface area contributed by atoms with Gasteiger partial charge in [0.15, 0.2) is 0 Å². The summed E-state index contributed by atoms with van der Waals surface area (Å²) < 4.78 is 6.70. The number of fused-ring (bicyclic) bond motifs is 6. The van der Waals surface area contributed by atoms with Gasteiger partial charge in [0.1, 0.15) is 6.23 Å². The zero-order valence-electron chi connectivity index (χ0n) is 17.9. The fourth-order valence-electron chi connectivity index (χ4n) is 7.05. The van der Waals surface area contributed by atoms with Crippen LogP contribution in [0.4, 0.5) is 0 Å². The number of H-pyrrole nitrogens is 1. The maximum absolute atomic E-state index is 6.70. The molecule has 1 N–H and O–H groups in total. The number of aromatic amines is 1. The molecule has 1 aromatic heterocycles. The number of ether oxygens (including phenoxy) is 1. The molecule has 1 aliphatic carbocycles. The van der Waals surface area contributed by atoms with Gasteiger partial charge in [-0.25, -0.2) is 0 Å². The average Bonchev–Trinajstić information content (AvgIpc) is 3.15. The molecule has 0 radical (unpaired) electrons. The first-order valence-electron chi connectivity index (χ1n) is 11.9. The molecule has 4 nitrogen and oxygen atoms in total. The van der Waals surface area contributed by atoms with Crippen molar-refractivity contribution in [2.45, 2.75) is 76.3 Å². The molecule has 2 aromatic rings. The fourth-order valence-corrected chi connectivity index (χ4v) is 7.05. The molecule has 1 unspecified atom stereocenters. The molecule has 4 aliphatic rings. The largest absolute Gasteiger partial charge is 0.360 e. The second-order valence-corrected chi connectivity index (χ2v) is 10.1. The molecule has 1 saturated carbocycles. The monoisotopic (exact) mass is 393 g/mol. The van der Waals surface area contributed by atoms with Crippen molar-refractivity contribution in [1.82, 2.24) is 14.8 Å². The van der Waals surface area contributed by atoms with Gasteiger partial charge in [-0.05, 0) is 57.2 Å². The Hall–Kier alpha value is -1.36. The summed E-state index contributed by atoms with van der Waals surface area (Å²) in [6.07, 6.45) is 9.97. The van der Waals surface area contributed by atoms with E-state index in [0.29, 0.717) is 30.3 Å². The Balaban J connectivity index is 1.31. The minimum absolute atomic E-state index is 0.323. The van der Waals surface area contributed by atoms with Gasteiger partial charge < -0.3 is 9.72 Å². The molecule has 0 bridgehead atoms. The zero-order chi connectivity index (χ0) is 19.5. The van der Waals surface area contributed by atoms with E-state index in [0.717, 1.165) is 5.92 Å². The van der Waals surface area contributed by atoms with E-state index in [-0.39, 0.29) is 0 Å². The van der Waals surface area contributed by atoms with Crippen LogP contribution in [-0.2, 0) is 11.2 Å². The lowest BCUT2D eigenvalue weighted by molar-refractivity contribution is -0.220. The quantitative estimate of drug-likeness (QED) is 0.761. The van der Waals surface area contributed by atoms with Gasteiger partial charge >= 0.3 is 0 Å². The van der Waals surface area contributed by atoms with Crippen molar-refractivity contribution in [3.63, 3.8) is 0 Å². The van der Waals surface area contributed by atoms with Crippen LogP contribution < -0.4 is 0 Å². The predicted octanol–water partition coefficient (Wildman–Crippen LogP) is 4.71. The minimum Gasteiger partial charge on any atom is -0.360 e. The highest BCUT2D eigenvalue weighted by atomic mass is 16.5. The predicted molar refractivity (Wildman–Crippen MR) is 117 cm³/mol. The van der Waals surface area contributed by atoms with Crippen LogP contribution in [0, 0.1) is 11.8 Å². The van der Waals surface area contributed by atoms with E-state index in [1.54, 1.807) is 5.56 Å². The second-order valence-electron chi connectivity index (χ2n) is 10.1. The third-order valence-corrected chi connectivity index (χ3v) is 8.61. The molecular weight excluding hydrogens is 358 g/mol. The normalized spacial score (nSPS) is 36.6. The Kier molecular flexibility index (Phi) is 4.51. The van der Waals surface area contributed by atoms with Crippen molar-refractivity contribution < 1.29 is 4.74 Å². The summed E-state index contributed by atoms with van der Waals surface area (Å²) in [4.78, 5) is 9.21. The van der Waals surface area contributed by atoms with E-state index in [1.807, 2.05) is 0 Å². The van der Waals surface area contributed by atoms with Crippen molar-refractivity contribution in [1.29, 1.82) is 0 Å². The van der Waals surface area contributed by atoms with Gasteiger partial charge in [0.25, 0.3) is 0 Å². The van der Waals surface area contributed by atoms with Crippen LogP contribution in [0.3, 0.4) is 0 Å². The Morgan fingerprint density at radius 1 is 1.10 bits per heavy atom. The van der Waals surface area contributed by atoms with Crippen LogP contribution in [0.1, 0.15) is 62.7 Å². The molecule has 3 fully saturated rings. The molecule has 156 valence electrons. The molecule has 1 aromatic carbocycles. The third kappa shape index (κ3) is 2.90. The van der Waals surface area contributed by atoms with Crippen LogP contribution >= 0.6 is 0 Å². The Bertz CT molecular complexity index is 885. The van der Waals surface area contributed by atoms with E-state index < -0.39 is 0 Å². The average molecular weight is 394 g/mol. The number of benzene rings is 1. The summed E-state index contributed by atoms with van der Waals surface area (Å²) in [5.41, 5.74) is 4.39. The van der Waals surface area contributed by atoms with E-state index in [4.69, 9.17) is 4.74 Å². The van der Waals surface area contributed by atoms with Crippen molar-refractivity contribution in [3.8, 4) is 0 Å². The molecule has 6 rings (SSSR count). The number of nitrogens with one attached hydrogen (secondary N) is 1. The van der Waals surface area contributed by atoms with Crippen molar-refractivity contribution in [2.24, 2.45) is 11.8 Å². The number of hydrogen-bond donors (Lipinski definition) is 1. The standard InChI is InChI=1S/C25H35N3O/c1-16-20-15-28-13-12-19-18-10-6-7-11-21(18)26-24(19)23(28)14-22(20)27(2)25(29-16)17-8-4-3-5-9-17/h6-7,10-11,16-17,20,22-23,25-26H,3-5,8-9,12-15H2,1-2H3/t16-,20-,22-,23-,25?/m0/s1. The number of para-hydroxylation sites is 1. The van der Waals surface area contributed by atoms with Crippen LogP contribution in [0.25, 0.3) is 10.9 Å². The van der Waals surface area contributed by atoms with Gasteiger partial charge in [0, 0.05) is 41.6 Å². The lowest BCUT2D eigenvalue weighted by Crippen LogP contribution is -2.63. The molecule has 0 amide bonds. The molecule has 4 heterocycles. The summed E-state index contributed by atoms with van der Waals surface area (Å²) >= 11 is 0. The first-order chi connectivity index (χ1) is 14.2. The lowest BCUT2D eigenvalue weighted by Gasteiger charge is -2.56. The highest BCUT2D eigenvalue weighted by molar-refractivity contribution is 5.85. The highest BCUT2D eigenvalue weighted by Gasteiger charge is 2.49. The number of hydrogen-bond acceptors (Lipinski definition) is 3. The molecule has 29 heavy (non-hydrogen) atoms. The number of nitrogens with zero attached hydrogens (tertiary/aromatic N) is 2. The number of rotatable bonds is 1. The van der Waals surface area contributed by atoms with Crippen LogP contribution in [0.15, 0.2) is 24.3 Å². The number of aromatic nitrogens is 1. The molecule has 2 saturated heterocycles. The molecule has 3 aliphatic heterocycles. The van der Waals surface area contributed by atoms with Gasteiger partial charge in [-0.1, -0.05) is 37.5 Å². The van der Waals surface area contributed by atoms with E-state index in [1.165, 1.54) is 74.6 Å². The van der Waals surface area contributed by atoms with Gasteiger partial charge in [0.2, 0.25) is 0 Å². The van der Waals surface area contributed by atoms with Gasteiger partial charge in [-0.15, -0.1) is 0 Å². The maximum Gasteiger partial charge on any atom is 0.113 e. The second kappa shape index (κ2) is 7.11. The Morgan fingerprint density at radius 3 is 2.79 bits per heavy atom. The topological polar surface area (TPSA) is 31.5 Å². The SMILES string of the molecule is C[C@@H]1OC(C2CCCCC2)N(C)[C@H]2C[C@H]3c4[nH]c5ccccc5c4CCN3C[C@@H]12. The zero-order valence-corrected chi connectivity index (χ0v) is 17.9. The first-order valence-corrected chi connectivity index (χ1v) is 11.9. The third-order valence-electron chi connectivity index (χ3n) is 8.61. The minimum atomic E-state index is 0.323. The van der Waals surface area contributed by atoms with Crippen LogP contribution in [-0.4, -0.2) is 53.3 Å². The maximum atomic E-state index is 6.70. The van der Waals surface area contributed by atoms with E-state index in [9.17, 15) is 0 Å². The molecule has 0 spiro atoms. The van der Waals surface area contributed by atoms with Gasteiger partial charge in [0.05, 0.1) is 12.1 Å². The summed E-state index contributed by atoms with van der Waals surface area (Å²) in [7, 11) is 2.35. The van der Waals surface area contributed by atoms with Crippen LogP contribution in [0.2, 0.25) is 0 Å². The summed E-state index contributed by atoms with van der Waals surface area (Å²) in [6, 6.07) is 10.0. The first kappa shape index (κ1) is 18.4. The van der Waals surface area contributed by atoms with E-state index >= 15 is 0 Å². The highest BCUT2D eigenvalue weighted by Crippen LogP contribution is 2.46. The van der Waals surface area contributed by atoms with Crippen molar-refractivity contribution in [2.75, 3.05) is 20.1 Å². The Labute approximate surface area is 174 Å². The lowest BCUT2D eigenvalue weighted by atomic mass is 9.77. The molecule has 4 heteroatoms. The number of piperidine rings is 1.